The number of sulfone groups is 1. The van der Waals surface area contributed by atoms with Crippen LogP contribution in [0.4, 0.5) is 18.0 Å². The van der Waals surface area contributed by atoms with Gasteiger partial charge in [0.2, 0.25) is 9.84 Å². The topological polar surface area (TPSA) is 107 Å². The third kappa shape index (κ3) is 4.97. The molecule has 0 spiro atoms. The molecular weight excluding hydrogens is 483 g/mol. The minimum absolute atomic E-state index is 0.101. The fourth-order valence-corrected chi connectivity index (χ4v) is 4.78. The zero-order valence-electron chi connectivity index (χ0n) is 16.9. The molecule has 0 aliphatic carbocycles. The third-order valence-corrected chi connectivity index (χ3v) is 7.16. The monoisotopic (exact) mass is 499 g/mol. The molecule has 0 bridgehead atoms. The van der Waals surface area contributed by atoms with Gasteiger partial charge in [0, 0.05) is 0 Å². The average molecular weight is 500 g/mol. The number of carbonyl (C=O) groups is 1. The lowest BCUT2D eigenvalue weighted by Crippen LogP contribution is -2.39. The highest BCUT2D eigenvalue weighted by Crippen LogP contribution is 2.39. The van der Waals surface area contributed by atoms with Crippen LogP contribution >= 0.6 is 11.6 Å². The number of halogens is 4. The van der Waals surface area contributed by atoms with Gasteiger partial charge in [-0.2, -0.15) is 13.2 Å². The van der Waals surface area contributed by atoms with Crippen molar-refractivity contribution < 1.29 is 36.2 Å². The van der Waals surface area contributed by atoms with E-state index in [-0.39, 0.29) is 20.6 Å². The molecule has 1 unspecified atom stereocenters. The first kappa shape index (κ1) is 24.6. The van der Waals surface area contributed by atoms with Gasteiger partial charge >= 0.3 is 12.3 Å². The van der Waals surface area contributed by atoms with Crippen molar-refractivity contribution in [3.05, 3.63) is 77.3 Å². The number of ether oxygens (including phenoxy) is 1. The number of nitrogens with two attached hydrogens (primary N) is 1. The molecule has 11 heteroatoms. The first-order chi connectivity index (χ1) is 15.2. The third-order valence-electron chi connectivity index (χ3n) is 4.91. The average Bonchev–Trinajstić information content (AvgIpc) is 2.73. The molecule has 0 aliphatic rings. The minimum atomic E-state index is -4.93. The summed E-state index contributed by atoms with van der Waals surface area (Å²) in [6, 6.07) is 14.2. The van der Waals surface area contributed by atoms with Crippen LogP contribution in [0.25, 0.3) is 11.1 Å². The summed E-state index contributed by atoms with van der Waals surface area (Å²) in [6.45, 7) is 0.582. The van der Waals surface area contributed by atoms with Gasteiger partial charge in [0.05, 0.1) is 14.8 Å². The Morgan fingerprint density at radius 3 is 2.00 bits per heavy atom. The van der Waals surface area contributed by atoms with Gasteiger partial charge in [-0.1, -0.05) is 41.9 Å². The number of carbonyl (C=O) groups excluding carboxylic acids is 1. The zero-order valence-corrected chi connectivity index (χ0v) is 18.5. The van der Waals surface area contributed by atoms with Crippen molar-refractivity contribution in [3.8, 4) is 16.9 Å². The van der Waals surface area contributed by atoms with Crippen LogP contribution in [0.5, 0.6) is 5.75 Å². The molecule has 0 saturated heterocycles. The molecule has 3 aromatic rings. The summed E-state index contributed by atoms with van der Waals surface area (Å²) in [7, 11) is -4.15. The Morgan fingerprint density at radius 2 is 1.52 bits per heavy atom. The number of alkyl halides is 3. The van der Waals surface area contributed by atoms with Crippen LogP contribution in [0.3, 0.4) is 0 Å². The van der Waals surface area contributed by atoms with Gasteiger partial charge < -0.3 is 15.6 Å². The van der Waals surface area contributed by atoms with E-state index in [2.05, 4.69) is 0 Å². The van der Waals surface area contributed by atoms with Gasteiger partial charge in [-0.15, -0.1) is 0 Å². The van der Waals surface area contributed by atoms with E-state index in [9.17, 15) is 31.5 Å². The molecule has 0 heterocycles. The molecule has 33 heavy (non-hydrogen) atoms. The van der Waals surface area contributed by atoms with Crippen LogP contribution in [0.1, 0.15) is 12.5 Å². The smallest absolute Gasteiger partial charge is 0.411 e. The number of hydrogen-bond donors (Lipinski definition) is 2. The van der Waals surface area contributed by atoms with Crippen molar-refractivity contribution in [1.82, 2.24) is 0 Å². The second-order valence-corrected chi connectivity index (χ2v) is 9.51. The lowest BCUT2D eigenvalue weighted by molar-refractivity contribution is -0.258. The van der Waals surface area contributed by atoms with Gasteiger partial charge in [0.15, 0.2) is 5.60 Å². The van der Waals surface area contributed by atoms with Crippen LogP contribution in [0.15, 0.2) is 76.5 Å². The lowest BCUT2D eigenvalue weighted by atomic mass is 9.96. The molecule has 0 saturated carbocycles. The maximum atomic E-state index is 13.0. The molecule has 3 N–H and O–H groups in total. The highest BCUT2D eigenvalue weighted by molar-refractivity contribution is 7.91. The highest BCUT2D eigenvalue weighted by Gasteiger charge is 2.51. The first-order valence-electron chi connectivity index (χ1n) is 9.25. The largest absolute Gasteiger partial charge is 0.421 e. The predicted octanol–water partition coefficient (Wildman–Crippen LogP) is 5.07. The van der Waals surface area contributed by atoms with Crippen LogP contribution in [0.2, 0.25) is 5.02 Å². The van der Waals surface area contributed by atoms with Crippen LogP contribution in [-0.4, -0.2) is 25.8 Å². The summed E-state index contributed by atoms with van der Waals surface area (Å²) in [6.07, 6.45) is -5.90. The van der Waals surface area contributed by atoms with E-state index in [0.717, 1.165) is 24.3 Å². The number of hydrogen-bond acceptors (Lipinski definition) is 5. The van der Waals surface area contributed by atoms with E-state index in [0.29, 0.717) is 18.1 Å². The van der Waals surface area contributed by atoms with Gasteiger partial charge in [-0.3, -0.25) is 0 Å². The van der Waals surface area contributed by atoms with E-state index in [1.807, 2.05) is 0 Å². The molecule has 0 aromatic heterocycles. The Kier molecular flexibility index (Phi) is 6.47. The van der Waals surface area contributed by atoms with Gasteiger partial charge in [-0.25, -0.2) is 13.2 Å². The number of amides is 1. The lowest BCUT2D eigenvalue weighted by Gasteiger charge is -2.26. The van der Waals surface area contributed by atoms with E-state index in [1.165, 1.54) is 30.3 Å². The van der Waals surface area contributed by atoms with Gasteiger partial charge in [-0.05, 0) is 60.0 Å². The summed E-state index contributed by atoms with van der Waals surface area (Å²) in [5.41, 5.74) is 2.54. The summed E-state index contributed by atoms with van der Waals surface area (Å²) < 4.78 is 69.7. The van der Waals surface area contributed by atoms with Crippen molar-refractivity contribution in [1.29, 1.82) is 0 Å². The van der Waals surface area contributed by atoms with Gasteiger partial charge in [0.1, 0.15) is 5.75 Å². The standard InChI is InChI=1S/C22H17ClF3NO5S/c1-21(29,22(24,25)26)15-5-9-17(10-6-15)33(30,31)19-11-4-14(12-18(19)23)13-2-7-16(8-3-13)32-20(27)28/h2-12,29H,1H3,(H2,27,28). The molecule has 0 radical (unpaired) electrons. The second kappa shape index (κ2) is 8.69. The molecular formula is C22H17ClF3NO5S. The van der Waals surface area contributed by atoms with Crippen molar-refractivity contribution in [3.63, 3.8) is 0 Å². The highest BCUT2D eigenvalue weighted by atomic mass is 35.5. The molecule has 1 atom stereocenters. The molecule has 6 nitrogen and oxygen atoms in total. The number of aliphatic hydroxyl groups is 1. The zero-order chi connectivity index (χ0) is 24.6. The Bertz CT molecular complexity index is 1290. The fourth-order valence-electron chi connectivity index (χ4n) is 2.98. The maximum Gasteiger partial charge on any atom is 0.421 e. The Balaban J connectivity index is 1.91. The van der Waals surface area contributed by atoms with Crippen LogP contribution in [-0.2, 0) is 15.4 Å². The van der Waals surface area contributed by atoms with E-state index in [4.69, 9.17) is 22.1 Å². The summed E-state index contributed by atoms with van der Waals surface area (Å²) in [4.78, 5) is 10.3. The predicted molar refractivity (Wildman–Crippen MR) is 115 cm³/mol. The second-order valence-electron chi connectivity index (χ2n) is 7.19. The molecule has 0 fully saturated rings. The van der Waals surface area contributed by atoms with Crippen molar-refractivity contribution in [2.45, 2.75) is 28.5 Å². The van der Waals surface area contributed by atoms with E-state index in [1.54, 1.807) is 12.1 Å². The van der Waals surface area contributed by atoms with E-state index >= 15 is 0 Å². The van der Waals surface area contributed by atoms with Crippen molar-refractivity contribution in [2.24, 2.45) is 5.73 Å². The van der Waals surface area contributed by atoms with E-state index < -0.39 is 33.3 Å². The van der Waals surface area contributed by atoms with Crippen LogP contribution in [0, 0.1) is 0 Å². The number of primary amides is 1. The quantitative estimate of drug-likeness (QED) is 0.510. The normalized spacial score (nSPS) is 13.9. The van der Waals surface area contributed by atoms with Gasteiger partial charge in [0.25, 0.3) is 0 Å². The van der Waals surface area contributed by atoms with Crippen molar-refractivity contribution in [2.75, 3.05) is 0 Å². The Hall–Kier alpha value is -3.08. The molecule has 3 rings (SSSR count). The molecule has 3 aromatic carbocycles. The minimum Gasteiger partial charge on any atom is -0.411 e. The van der Waals surface area contributed by atoms with Crippen LogP contribution < -0.4 is 10.5 Å². The first-order valence-corrected chi connectivity index (χ1v) is 11.1. The molecule has 1 amide bonds. The Morgan fingerprint density at radius 1 is 0.970 bits per heavy atom. The summed E-state index contributed by atoms with van der Waals surface area (Å²) in [5, 5.41) is 9.65. The fraction of sp³-hybridized carbons (Fsp3) is 0.136. The maximum absolute atomic E-state index is 13.0. The SMILES string of the molecule is CC(O)(c1ccc(S(=O)(=O)c2ccc(-c3ccc(OC(N)=O)cc3)cc2Cl)cc1)C(F)(F)F. The Labute approximate surface area is 192 Å². The summed E-state index contributed by atoms with van der Waals surface area (Å²) >= 11 is 6.22. The number of benzene rings is 3. The summed E-state index contributed by atoms with van der Waals surface area (Å²) in [5.74, 6) is 0.226. The molecule has 0 aliphatic heterocycles. The van der Waals surface area contributed by atoms with Crippen molar-refractivity contribution >= 4 is 27.5 Å². The number of rotatable bonds is 5. The molecule has 174 valence electrons.